The Balaban J connectivity index is 1.36. The van der Waals surface area contributed by atoms with Gasteiger partial charge in [-0.3, -0.25) is 9.78 Å². The Morgan fingerprint density at radius 2 is 2.00 bits per heavy atom. The Hall–Kier alpha value is -2.67. The van der Waals surface area contributed by atoms with Crippen molar-refractivity contribution in [1.29, 1.82) is 0 Å². The summed E-state index contributed by atoms with van der Waals surface area (Å²) >= 11 is 0. The Labute approximate surface area is 171 Å². The van der Waals surface area contributed by atoms with E-state index in [1.807, 2.05) is 29.2 Å². The summed E-state index contributed by atoms with van der Waals surface area (Å²) in [7, 11) is 1.64. The molecule has 0 radical (unpaired) electrons. The summed E-state index contributed by atoms with van der Waals surface area (Å²) < 4.78 is 5.18. The normalized spacial score (nSPS) is 21.2. The van der Waals surface area contributed by atoms with Gasteiger partial charge in [-0.25, -0.2) is 4.98 Å². The minimum Gasteiger partial charge on any atom is -0.497 e. The molecule has 7 heteroatoms. The number of amides is 1. The molecule has 1 spiro atoms. The molecule has 3 heterocycles. The number of hydrogen-bond acceptors (Lipinski definition) is 6. The lowest BCUT2D eigenvalue weighted by Gasteiger charge is -2.49. The predicted octanol–water partition coefficient (Wildman–Crippen LogP) is 1.91. The zero-order chi connectivity index (χ0) is 20.3. The van der Waals surface area contributed by atoms with E-state index in [4.69, 9.17) is 4.74 Å². The van der Waals surface area contributed by atoms with Crippen LogP contribution in [0.3, 0.4) is 0 Å². The van der Waals surface area contributed by atoms with Crippen molar-refractivity contribution in [2.45, 2.75) is 31.8 Å². The van der Waals surface area contributed by atoms with Crippen LogP contribution >= 0.6 is 0 Å². The van der Waals surface area contributed by atoms with Gasteiger partial charge in [0.15, 0.2) is 0 Å². The van der Waals surface area contributed by atoms with Crippen LogP contribution < -0.4 is 9.64 Å². The van der Waals surface area contributed by atoms with Crippen molar-refractivity contribution in [2.75, 3.05) is 38.2 Å². The molecule has 2 saturated heterocycles. The number of piperidine rings is 2. The lowest BCUT2D eigenvalue weighted by Crippen LogP contribution is -2.55. The highest BCUT2D eigenvalue weighted by Gasteiger charge is 2.42. The minimum absolute atomic E-state index is 0.0199. The second kappa shape index (κ2) is 8.37. The predicted molar refractivity (Wildman–Crippen MR) is 110 cm³/mol. The number of methoxy groups -OCH3 is 1. The molecular weight excluding hydrogens is 368 g/mol. The summed E-state index contributed by atoms with van der Waals surface area (Å²) in [6, 6.07) is 7.66. The number of nitrogens with zero attached hydrogens (tertiary/aromatic N) is 4. The second-order valence-corrected chi connectivity index (χ2v) is 8.21. The number of carbonyl (C=O) groups is 1. The fraction of sp³-hybridized carbons (Fsp3) is 0.500. The highest BCUT2D eigenvalue weighted by Crippen LogP contribution is 2.41. The Morgan fingerprint density at radius 1 is 1.24 bits per heavy atom. The van der Waals surface area contributed by atoms with Gasteiger partial charge in [0.2, 0.25) is 5.91 Å². The van der Waals surface area contributed by atoms with Gasteiger partial charge in [0.05, 0.1) is 25.8 Å². The van der Waals surface area contributed by atoms with E-state index in [2.05, 4.69) is 14.9 Å². The van der Waals surface area contributed by atoms with Crippen molar-refractivity contribution in [3.05, 3.63) is 48.4 Å². The van der Waals surface area contributed by atoms with Crippen LogP contribution in [-0.4, -0.2) is 65.3 Å². The van der Waals surface area contributed by atoms with Crippen molar-refractivity contribution in [3.63, 3.8) is 0 Å². The van der Waals surface area contributed by atoms with Gasteiger partial charge in [-0.15, -0.1) is 0 Å². The van der Waals surface area contributed by atoms with Gasteiger partial charge >= 0.3 is 0 Å². The van der Waals surface area contributed by atoms with E-state index in [-0.39, 0.29) is 17.4 Å². The number of benzene rings is 1. The van der Waals surface area contributed by atoms with Gasteiger partial charge in [-0.05, 0) is 42.4 Å². The molecule has 2 aliphatic heterocycles. The molecule has 2 aromatic rings. The highest BCUT2D eigenvalue weighted by atomic mass is 16.5. The van der Waals surface area contributed by atoms with Gasteiger partial charge in [0, 0.05) is 38.6 Å². The fourth-order valence-electron chi connectivity index (χ4n) is 4.60. The third-order valence-corrected chi connectivity index (χ3v) is 6.19. The number of carbonyl (C=O) groups excluding carboxylic acids is 1. The molecule has 0 aliphatic carbocycles. The standard InChI is InChI=1S/C22H28N4O3/c1-29-19-4-2-17(3-5-19)12-21(28)25-10-6-22(7-11-25)13-18(27)15-26(16-22)20-14-23-8-9-24-20/h2-5,8-9,14,18,27H,6-7,10-13,15-16H2,1H3. The maximum atomic E-state index is 12.8. The lowest BCUT2D eigenvalue weighted by molar-refractivity contribution is -0.133. The smallest absolute Gasteiger partial charge is 0.226 e. The van der Waals surface area contributed by atoms with Gasteiger partial charge in [-0.2, -0.15) is 0 Å². The maximum Gasteiger partial charge on any atom is 0.226 e. The quantitative estimate of drug-likeness (QED) is 0.851. The molecule has 1 N–H and O–H groups in total. The number of β-amino-alcohol motifs (C(OH)–C–C–N with tert-alkyl or cyclic N) is 1. The molecule has 2 aliphatic rings. The molecule has 29 heavy (non-hydrogen) atoms. The largest absolute Gasteiger partial charge is 0.497 e. The first-order valence-electron chi connectivity index (χ1n) is 10.2. The third-order valence-electron chi connectivity index (χ3n) is 6.19. The van der Waals surface area contributed by atoms with E-state index >= 15 is 0 Å². The van der Waals surface area contributed by atoms with Gasteiger partial charge in [0.1, 0.15) is 11.6 Å². The molecule has 1 aromatic carbocycles. The van der Waals surface area contributed by atoms with Crippen LogP contribution in [0.25, 0.3) is 0 Å². The lowest BCUT2D eigenvalue weighted by atomic mass is 9.71. The molecule has 0 bridgehead atoms. The number of aliphatic hydroxyl groups excluding tert-OH is 1. The molecule has 2 fully saturated rings. The average molecular weight is 396 g/mol. The minimum atomic E-state index is -0.382. The topological polar surface area (TPSA) is 78.8 Å². The molecule has 0 saturated carbocycles. The van der Waals surface area contributed by atoms with Crippen LogP contribution in [0.1, 0.15) is 24.8 Å². The first kappa shape index (κ1) is 19.6. The fourth-order valence-corrected chi connectivity index (χ4v) is 4.60. The van der Waals surface area contributed by atoms with Crippen LogP contribution in [0.5, 0.6) is 5.75 Å². The van der Waals surface area contributed by atoms with Crippen LogP contribution in [-0.2, 0) is 11.2 Å². The van der Waals surface area contributed by atoms with E-state index in [0.717, 1.165) is 56.0 Å². The van der Waals surface area contributed by atoms with Crippen LogP contribution in [0.15, 0.2) is 42.9 Å². The average Bonchev–Trinajstić information content (AvgIpc) is 2.75. The molecule has 1 amide bonds. The Morgan fingerprint density at radius 3 is 2.66 bits per heavy atom. The van der Waals surface area contributed by atoms with E-state index in [1.54, 1.807) is 25.7 Å². The molecule has 1 aromatic heterocycles. The molecule has 1 unspecified atom stereocenters. The number of aromatic nitrogens is 2. The van der Waals surface area contributed by atoms with Crippen LogP contribution in [0.4, 0.5) is 5.82 Å². The van der Waals surface area contributed by atoms with Crippen molar-refractivity contribution < 1.29 is 14.6 Å². The number of aliphatic hydroxyl groups is 1. The van der Waals surface area contributed by atoms with Crippen LogP contribution in [0.2, 0.25) is 0 Å². The number of likely N-dealkylation sites (tertiary alicyclic amines) is 1. The maximum absolute atomic E-state index is 12.8. The second-order valence-electron chi connectivity index (χ2n) is 8.21. The Bertz CT molecular complexity index is 820. The zero-order valence-corrected chi connectivity index (χ0v) is 16.8. The molecule has 7 nitrogen and oxygen atoms in total. The summed E-state index contributed by atoms with van der Waals surface area (Å²) in [6.45, 7) is 2.90. The van der Waals surface area contributed by atoms with Gasteiger partial charge < -0.3 is 19.6 Å². The summed E-state index contributed by atoms with van der Waals surface area (Å²) in [5.41, 5.74) is 1.02. The Kier molecular flexibility index (Phi) is 5.67. The van der Waals surface area contributed by atoms with E-state index < -0.39 is 0 Å². The summed E-state index contributed by atoms with van der Waals surface area (Å²) in [6.07, 6.45) is 7.70. The first-order chi connectivity index (χ1) is 14.1. The molecule has 1 atom stereocenters. The summed E-state index contributed by atoms with van der Waals surface area (Å²) in [5.74, 6) is 1.76. The highest BCUT2D eigenvalue weighted by molar-refractivity contribution is 5.79. The number of anilines is 1. The summed E-state index contributed by atoms with van der Waals surface area (Å²) in [4.78, 5) is 25.4. The zero-order valence-electron chi connectivity index (χ0n) is 16.8. The van der Waals surface area contributed by atoms with Crippen molar-refractivity contribution in [2.24, 2.45) is 5.41 Å². The number of rotatable bonds is 4. The molecule has 154 valence electrons. The number of hydrogen-bond donors (Lipinski definition) is 1. The third kappa shape index (κ3) is 4.50. The van der Waals surface area contributed by atoms with E-state index in [9.17, 15) is 9.90 Å². The van der Waals surface area contributed by atoms with Crippen LogP contribution in [0, 0.1) is 5.41 Å². The number of ether oxygens (including phenoxy) is 1. The van der Waals surface area contributed by atoms with Crippen molar-refractivity contribution >= 4 is 11.7 Å². The van der Waals surface area contributed by atoms with Gasteiger partial charge in [-0.1, -0.05) is 12.1 Å². The van der Waals surface area contributed by atoms with Crippen molar-refractivity contribution in [1.82, 2.24) is 14.9 Å². The molecular formula is C22H28N4O3. The van der Waals surface area contributed by atoms with E-state index in [1.165, 1.54) is 0 Å². The molecule has 4 rings (SSSR count). The van der Waals surface area contributed by atoms with Crippen molar-refractivity contribution in [3.8, 4) is 5.75 Å². The van der Waals surface area contributed by atoms with E-state index in [0.29, 0.717) is 13.0 Å². The summed E-state index contributed by atoms with van der Waals surface area (Å²) in [5, 5.41) is 10.5. The first-order valence-corrected chi connectivity index (χ1v) is 10.2. The monoisotopic (exact) mass is 396 g/mol. The van der Waals surface area contributed by atoms with Gasteiger partial charge in [0.25, 0.3) is 0 Å². The SMILES string of the molecule is COc1ccc(CC(=O)N2CCC3(CC2)CC(O)CN(c2cnccn2)C3)cc1.